The zero-order chi connectivity index (χ0) is 23.1. The average molecular weight is 458 g/mol. The topological polar surface area (TPSA) is 102 Å². The number of imide groups is 2. The molecule has 0 spiro atoms. The van der Waals surface area contributed by atoms with Crippen molar-refractivity contribution in [3.8, 4) is 0 Å². The van der Waals surface area contributed by atoms with Crippen molar-refractivity contribution < 1.29 is 23.6 Å². The molecule has 10 heteroatoms. The Morgan fingerprint density at radius 3 is 2.24 bits per heavy atom. The van der Waals surface area contributed by atoms with Gasteiger partial charge in [0, 0.05) is 39.1 Å². The number of amides is 4. The monoisotopic (exact) mass is 457 g/mol. The van der Waals surface area contributed by atoms with Gasteiger partial charge in [-0.25, -0.2) is 4.39 Å². The summed E-state index contributed by atoms with van der Waals surface area (Å²) >= 11 is 0. The van der Waals surface area contributed by atoms with Crippen LogP contribution in [0.3, 0.4) is 0 Å². The van der Waals surface area contributed by atoms with Crippen LogP contribution >= 0.6 is 0 Å². The third-order valence-corrected chi connectivity index (χ3v) is 7.20. The van der Waals surface area contributed by atoms with Crippen LogP contribution in [0.1, 0.15) is 46.4 Å². The molecule has 0 saturated carbocycles. The quantitative estimate of drug-likeness (QED) is 0.629. The van der Waals surface area contributed by atoms with Gasteiger partial charge in [-0.2, -0.15) is 0 Å². The van der Waals surface area contributed by atoms with Gasteiger partial charge < -0.3 is 10.2 Å². The van der Waals surface area contributed by atoms with Crippen molar-refractivity contribution in [1.82, 2.24) is 20.4 Å². The third kappa shape index (κ3) is 4.13. The first-order chi connectivity index (χ1) is 15.9. The minimum Gasteiger partial charge on any atom is -0.367 e. The number of nitrogens with one attached hydrogen (secondary N) is 2. The van der Waals surface area contributed by atoms with E-state index >= 15 is 4.39 Å². The molecule has 33 heavy (non-hydrogen) atoms. The molecule has 3 fully saturated rings. The summed E-state index contributed by atoms with van der Waals surface area (Å²) in [6.07, 6.45) is 2.48. The van der Waals surface area contributed by atoms with Crippen molar-refractivity contribution in [2.75, 3.05) is 50.7 Å². The van der Waals surface area contributed by atoms with Crippen LogP contribution in [-0.4, -0.2) is 85.3 Å². The second kappa shape index (κ2) is 8.83. The average Bonchev–Trinajstić information content (AvgIpc) is 3.04. The van der Waals surface area contributed by atoms with Crippen LogP contribution < -0.4 is 15.5 Å². The second-order valence-corrected chi connectivity index (χ2v) is 9.28. The van der Waals surface area contributed by atoms with Crippen molar-refractivity contribution in [1.29, 1.82) is 0 Å². The lowest BCUT2D eigenvalue weighted by Crippen LogP contribution is -2.54. The molecule has 9 nitrogen and oxygen atoms in total. The molecule has 0 bridgehead atoms. The summed E-state index contributed by atoms with van der Waals surface area (Å²) in [6.45, 7) is 6.09. The van der Waals surface area contributed by atoms with Gasteiger partial charge in [-0.15, -0.1) is 0 Å². The zero-order valence-corrected chi connectivity index (χ0v) is 18.4. The molecule has 176 valence electrons. The molecule has 1 unspecified atom stereocenters. The van der Waals surface area contributed by atoms with Crippen LogP contribution in [0, 0.1) is 11.7 Å². The fraction of sp³-hybridized carbons (Fsp3) is 0.565. The predicted molar refractivity (Wildman–Crippen MR) is 117 cm³/mol. The van der Waals surface area contributed by atoms with Gasteiger partial charge in [0.25, 0.3) is 11.8 Å². The third-order valence-electron chi connectivity index (χ3n) is 7.20. The number of piperidine rings is 2. The van der Waals surface area contributed by atoms with Crippen LogP contribution in [0.25, 0.3) is 0 Å². The van der Waals surface area contributed by atoms with E-state index in [4.69, 9.17) is 0 Å². The van der Waals surface area contributed by atoms with Crippen molar-refractivity contribution in [2.45, 2.75) is 31.7 Å². The van der Waals surface area contributed by atoms with Gasteiger partial charge in [0.1, 0.15) is 11.9 Å². The molecule has 1 atom stereocenters. The highest BCUT2D eigenvalue weighted by Gasteiger charge is 2.45. The number of carbonyl (C=O) groups excluding carboxylic acids is 4. The number of carbonyl (C=O) groups is 4. The highest BCUT2D eigenvalue weighted by molar-refractivity contribution is 6.23. The summed E-state index contributed by atoms with van der Waals surface area (Å²) in [5.41, 5.74) is 0.385. The van der Waals surface area contributed by atoms with E-state index in [1.54, 1.807) is 0 Å². The standard InChI is InChI=1S/C23H28FN5O4/c24-17-11-15-16(23(33)29(22(15)32)18-1-2-20(30)26-21(18)31)12-19(17)28-9-7-27(8-10-28)13-14-3-5-25-6-4-14/h11-12,14,18,25H,1-10,13H2,(H,26,30,31). The number of piperazine rings is 1. The fourth-order valence-electron chi connectivity index (χ4n) is 5.32. The number of hydrogen-bond donors (Lipinski definition) is 2. The van der Waals surface area contributed by atoms with Crippen LogP contribution in [0.5, 0.6) is 0 Å². The van der Waals surface area contributed by atoms with E-state index in [9.17, 15) is 19.2 Å². The van der Waals surface area contributed by atoms with Crippen molar-refractivity contribution in [2.24, 2.45) is 5.92 Å². The maximum absolute atomic E-state index is 15.0. The molecular weight excluding hydrogens is 429 g/mol. The molecule has 1 aromatic rings. The van der Waals surface area contributed by atoms with E-state index in [2.05, 4.69) is 15.5 Å². The summed E-state index contributed by atoms with van der Waals surface area (Å²) < 4.78 is 15.0. The van der Waals surface area contributed by atoms with E-state index < -0.39 is 35.5 Å². The maximum Gasteiger partial charge on any atom is 0.262 e. The lowest BCUT2D eigenvalue weighted by Gasteiger charge is -2.38. The van der Waals surface area contributed by atoms with Gasteiger partial charge in [0.05, 0.1) is 16.8 Å². The Labute approximate surface area is 191 Å². The summed E-state index contributed by atoms with van der Waals surface area (Å²) in [5.74, 6) is -2.27. The number of nitrogens with zero attached hydrogens (tertiary/aromatic N) is 3. The number of benzene rings is 1. The number of rotatable bonds is 4. The Bertz CT molecular complexity index is 1000. The molecule has 0 aromatic heterocycles. The summed E-state index contributed by atoms with van der Waals surface area (Å²) in [4.78, 5) is 54.7. The number of hydrogen-bond acceptors (Lipinski definition) is 7. The first-order valence-electron chi connectivity index (χ1n) is 11.7. The zero-order valence-electron chi connectivity index (χ0n) is 18.4. The lowest BCUT2D eigenvalue weighted by atomic mass is 9.97. The molecule has 1 aromatic carbocycles. The Hall–Kier alpha value is -2.85. The molecule has 5 rings (SSSR count). The highest BCUT2D eigenvalue weighted by atomic mass is 19.1. The molecule has 4 aliphatic heterocycles. The van der Waals surface area contributed by atoms with Crippen LogP contribution in [0.15, 0.2) is 12.1 Å². The van der Waals surface area contributed by atoms with E-state index in [1.807, 2.05) is 4.90 Å². The van der Waals surface area contributed by atoms with Crippen LogP contribution in [-0.2, 0) is 9.59 Å². The Morgan fingerprint density at radius 2 is 1.58 bits per heavy atom. The Kier molecular flexibility index (Phi) is 5.88. The van der Waals surface area contributed by atoms with Crippen molar-refractivity contribution >= 4 is 29.3 Å². The first kappa shape index (κ1) is 22.0. The van der Waals surface area contributed by atoms with Gasteiger partial charge >= 0.3 is 0 Å². The maximum atomic E-state index is 15.0. The van der Waals surface area contributed by atoms with Crippen molar-refractivity contribution in [3.63, 3.8) is 0 Å². The first-order valence-corrected chi connectivity index (χ1v) is 11.7. The molecule has 3 saturated heterocycles. The van der Waals surface area contributed by atoms with E-state index in [-0.39, 0.29) is 24.0 Å². The smallest absolute Gasteiger partial charge is 0.262 e. The van der Waals surface area contributed by atoms with Gasteiger partial charge in [-0.1, -0.05) is 0 Å². The lowest BCUT2D eigenvalue weighted by molar-refractivity contribution is -0.136. The number of halogens is 1. The van der Waals surface area contributed by atoms with Gasteiger partial charge in [-0.3, -0.25) is 34.3 Å². The Balaban J connectivity index is 1.29. The fourth-order valence-corrected chi connectivity index (χ4v) is 5.32. The van der Waals surface area contributed by atoms with E-state index in [1.165, 1.54) is 18.9 Å². The number of anilines is 1. The molecule has 4 aliphatic rings. The molecule has 4 amide bonds. The number of fused-ring (bicyclic) bond motifs is 1. The predicted octanol–water partition coefficient (Wildman–Crippen LogP) is 0.349. The molecule has 4 heterocycles. The largest absolute Gasteiger partial charge is 0.367 e. The summed E-state index contributed by atoms with van der Waals surface area (Å²) in [7, 11) is 0. The summed E-state index contributed by atoms with van der Waals surface area (Å²) in [6, 6.07) is 1.50. The van der Waals surface area contributed by atoms with Gasteiger partial charge in [0.15, 0.2) is 0 Å². The van der Waals surface area contributed by atoms with Gasteiger partial charge in [-0.05, 0) is 50.4 Å². The highest BCUT2D eigenvalue weighted by Crippen LogP contribution is 2.33. The molecule has 2 N–H and O–H groups in total. The normalized spacial score (nSPS) is 24.9. The van der Waals surface area contributed by atoms with Crippen LogP contribution in [0.4, 0.5) is 10.1 Å². The van der Waals surface area contributed by atoms with E-state index in [0.29, 0.717) is 24.7 Å². The Morgan fingerprint density at radius 1 is 0.909 bits per heavy atom. The molecule has 0 aliphatic carbocycles. The molecular formula is C23H28FN5O4. The van der Waals surface area contributed by atoms with Crippen molar-refractivity contribution in [3.05, 3.63) is 29.1 Å². The SMILES string of the molecule is O=C1CCC(N2C(=O)c3cc(F)c(N4CCN(CC5CCNCC5)CC4)cc3C2=O)C(=O)N1. The van der Waals surface area contributed by atoms with E-state index in [0.717, 1.165) is 43.7 Å². The van der Waals surface area contributed by atoms with Crippen LogP contribution in [0.2, 0.25) is 0 Å². The minimum absolute atomic E-state index is 0.0320. The van der Waals surface area contributed by atoms with Gasteiger partial charge in [0.2, 0.25) is 11.8 Å². The minimum atomic E-state index is -1.06. The second-order valence-electron chi connectivity index (χ2n) is 9.28. The molecule has 0 radical (unpaired) electrons. The summed E-state index contributed by atoms with van der Waals surface area (Å²) in [5, 5.41) is 5.55.